The van der Waals surface area contributed by atoms with Gasteiger partial charge in [0.05, 0.1) is 0 Å². The van der Waals surface area contributed by atoms with E-state index in [9.17, 15) is 0 Å². The van der Waals surface area contributed by atoms with Crippen LogP contribution in [0.5, 0.6) is 0 Å². The molecule has 0 radical (unpaired) electrons. The second kappa shape index (κ2) is 6.96. The highest BCUT2D eigenvalue weighted by atomic mass is 35.5. The largest absolute Gasteiger partial charge is 0.126 e. The molecular weight excluding hydrogens is 216 g/mol. The Hall–Kier alpha value is -0.490. The Morgan fingerprint density at radius 2 is 1.81 bits per heavy atom. The van der Waals surface area contributed by atoms with Crippen LogP contribution in [0.4, 0.5) is 0 Å². The summed E-state index contributed by atoms with van der Waals surface area (Å²) in [7, 11) is 0. The van der Waals surface area contributed by atoms with Gasteiger partial charge < -0.3 is 0 Å². The van der Waals surface area contributed by atoms with Crippen LogP contribution in [0, 0.1) is 5.41 Å². The average Bonchev–Trinajstić information content (AvgIpc) is 2.36. The summed E-state index contributed by atoms with van der Waals surface area (Å²) in [5, 5.41) is 0. The maximum Gasteiger partial charge on any atom is 0.0283 e. The molecule has 0 saturated carbocycles. The topological polar surface area (TPSA) is 0 Å². The molecule has 0 aliphatic carbocycles. The van der Waals surface area contributed by atoms with Crippen LogP contribution in [0.25, 0.3) is 0 Å². The van der Waals surface area contributed by atoms with Crippen molar-refractivity contribution < 1.29 is 0 Å². The van der Waals surface area contributed by atoms with E-state index in [4.69, 9.17) is 11.6 Å². The highest BCUT2D eigenvalue weighted by Crippen LogP contribution is 2.34. The summed E-state index contributed by atoms with van der Waals surface area (Å²) < 4.78 is 0. The summed E-state index contributed by atoms with van der Waals surface area (Å²) in [5.74, 6) is 0.776. The van der Waals surface area contributed by atoms with Gasteiger partial charge in [-0.05, 0) is 30.2 Å². The molecule has 0 saturated heterocycles. The van der Waals surface area contributed by atoms with Crippen molar-refractivity contribution in [3.05, 3.63) is 35.9 Å². The normalized spacial score (nSPS) is 14.7. The Balaban J connectivity index is 2.70. The van der Waals surface area contributed by atoms with Gasteiger partial charge in [0, 0.05) is 5.88 Å². The predicted octanol–water partition coefficient (Wildman–Crippen LogP) is 5.05. The molecule has 0 aromatic heterocycles. The molecule has 0 heterocycles. The summed E-state index contributed by atoms with van der Waals surface area (Å²) in [4.78, 5) is 0. The van der Waals surface area contributed by atoms with Gasteiger partial charge in [-0.2, -0.15) is 0 Å². The molecule has 0 N–H and O–H groups in total. The maximum atomic E-state index is 6.21. The molecule has 1 aromatic carbocycles. The van der Waals surface area contributed by atoms with Crippen molar-refractivity contribution in [1.29, 1.82) is 0 Å². The van der Waals surface area contributed by atoms with E-state index >= 15 is 0 Å². The lowest BCUT2D eigenvalue weighted by atomic mass is 9.77. The molecule has 0 spiro atoms. The summed E-state index contributed by atoms with van der Waals surface area (Å²) in [5.41, 5.74) is 1.72. The first-order valence-corrected chi connectivity index (χ1v) is 6.89. The fourth-order valence-electron chi connectivity index (χ4n) is 2.18. The Bertz CT molecular complexity index is 275. The molecule has 1 aromatic rings. The van der Waals surface area contributed by atoms with Crippen LogP contribution >= 0.6 is 11.6 Å². The van der Waals surface area contributed by atoms with Gasteiger partial charge in [0.2, 0.25) is 0 Å². The quantitative estimate of drug-likeness (QED) is 0.583. The second-order valence-electron chi connectivity index (χ2n) is 4.75. The summed E-state index contributed by atoms with van der Waals surface area (Å²) in [6.07, 6.45) is 6.08. The van der Waals surface area contributed by atoms with Crippen molar-refractivity contribution in [3.63, 3.8) is 0 Å². The Morgan fingerprint density at radius 1 is 1.12 bits per heavy atom. The Morgan fingerprint density at radius 3 is 2.31 bits per heavy atom. The third kappa shape index (κ3) is 3.83. The summed E-state index contributed by atoms with van der Waals surface area (Å²) in [6.45, 7) is 4.51. The zero-order chi connectivity index (χ0) is 11.9. The first kappa shape index (κ1) is 13.6. The zero-order valence-electron chi connectivity index (χ0n) is 10.5. The number of unbranched alkanes of at least 4 members (excludes halogenated alkanes) is 1. The first-order valence-electron chi connectivity index (χ1n) is 6.36. The van der Waals surface area contributed by atoms with Crippen LogP contribution in [-0.2, 0) is 6.42 Å². The van der Waals surface area contributed by atoms with Crippen molar-refractivity contribution in [2.24, 2.45) is 5.41 Å². The molecule has 1 rings (SSSR count). The zero-order valence-corrected chi connectivity index (χ0v) is 11.3. The van der Waals surface area contributed by atoms with Crippen LogP contribution < -0.4 is 0 Å². The highest BCUT2D eigenvalue weighted by Gasteiger charge is 2.26. The van der Waals surface area contributed by atoms with Crippen molar-refractivity contribution in [2.75, 3.05) is 5.88 Å². The van der Waals surface area contributed by atoms with Crippen molar-refractivity contribution in [1.82, 2.24) is 0 Å². The van der Waals surface area contributed by atoms with E-state index in [0.717, 1.165) is 12.3 Å². The van der Waals surface area contributed by atoms with E-state index < -0.39 is 0 Å². The molecule has 0 nitrogen and oxygen atoms in total. The Kier molecular flexibility index (Phi) is 5.90. The molecule has 1 unspecified atom stereocenters. The van der Waals surface area contributed by atoms with Gasteiger partial charge in [-0.3, -0.25) is 0 Å². The van der Waals surface area contributed by atoms with Crippen molar-refractivity contribution in [3.8, 4) is 0 Å². The van der Waals surface area contributed by atoms with Gasteiger partial charge in [-0.15, -0.1) is 11.6 Å². The fourth-order valence-corrected chi connectivity index (χ4v) is 2.60. The molecule has 0 aliphatic rings. The molecule has 0 fully saturated rings. The molecular formula is C15H23Cl. The minimum Gasteiger partial charge on any atom is -0.126 e. The van der Waals surface area contributed by atoms with Crippen LogP contribution in [0.2, 0.25) is 0 Å². The van der Waals surface area contributed by atoms with Gasteiger partial charge in [0.1, 0.15) is 0 Å². The number of rotatable bonds is 7. The molecule has 0 aliphatic heterocycles. The van der Waals surface area contributed by atoms with Gasteiger partial charge in [-0.1, -0.05) is 57.0 Å². The van der Waals surface area contributed by atoms with Crippen LogP contribution in [-0.4, -0.2) is 5.88 Å². The second-order valence-corrected chi connectivity index (χ2v) is 5.02. The van der Waals surface area contributed by atoms with Crippen LogP contribution in [0.15, 0.2) is 30.3 Å². The van der Waals surface area contributed by atoms with Gasteiger partial charge in [0.25, 0.3) is 0 Å². The summed E-state index contributed by atoms with van der Waals surface area (Å²) in [6, 6.07) is 10.7. The predicted molar refractivity (Wildman–Crippen MR) is 73.1 cm³/mol. The number of halogens is 1. The minimum absolute atomic E-state index is 0.304. The highest BCUT2D eigenvalue weighted by molar-refractivity contribution is 6.18. The minimum atomic E-state index is 0.304. The molecule has 1 atom stereocenters. The lowest BCUT2D eigenvalue weighted by Crippen LogP contribution is -2.25. The first-order chi connectivity index (χ1) is 7.76. The van der Waals surface area contributed by atoms with Gasteiger partial charge in [-0.25, -0.2) is 0 Å². The number of hydrogen-bond donors (Lipinski definition) is 0. The van der Waals surface area contributed by atoms with Crippen molar-refractivity contribution >= 4 is 11.6 Å². The Labute approximate surface area is 105 Å². The van der Waals surface area contributed by atoms with E-state index in [1.807, 2.05) is 0 Å². The third-order valence-corrected chi connectivity index (χ3v) is 4.08. The molecule has 0 amide bonds. The van der Waals surface area contributed by atoms with Crippen LogP contribution in [0.1, 0.15) is 45.1 Å². The maximum absolute atomic E-state index is 6.21. The third-order valence-electron chi connectivity index (χ3n) is 3.52. The lowest BCUT2D eigenvalue weighted by Gasteiger charge is -2.31. The SMILES string of the molecule is CCCCC(CC)(CCl)Cc1ccccc1. The molecule has 90 valence electrons. The van der Waals surface area contributed by atoms with E-state index in [2.05, 4.69) is 44.2 Å². The average molecular weight is 239 g/mol. The monoisotopic (exact) mass is 238 g/mol. The molecule has 0 bridgehead atoms. The summed E-state index contributed by atoms with van der Waals surface area (Å²) >= 11 is 6.21. The van der Waals surface area contributed by atoms with E-state index in [-0.39, 0.29) is 0 Å². The molecule has 16 heavy (non-hydrogen) atoms. The number of alkyl halides is 1. The molecule has 1 heteroatoms. The smallest absolute Gasteiger partial charge is 0.0283 e. The number of benzene rings is 1. The van der Waals surface area contributed by atoms with Gasteiger partial charge >= 0.3 is 0 Å². The standard InChI is InChI=1S/C15H23Cl/c1-3-5-11-15(4-2,13-16)12-14-9-7-6-8-10-14/h6-10H,3-5,11-13H2,1-2H3. The lowest BCUT2D eigenvalue weighted by molar-refractivity contribution is 0.279. The van der Waals surface area contributed by atoms with E-state index in [0.29, 0.717) is 5.41 Å². The van der Waals surface area contributed by atoms with Gasteiger partial charge in [0.15, 0.2) is 0 Å². The van der Waals surface area contributed by atoms with Crippen LogP contribution in [0.3, 0.4) is 0 Å². The number of hydrogen-bond acceptors (Lipinski definition) is 0. The van der Waals surface area contributed by atoms with E-state index in [1.54, 1.807) is 0 Å². The van der Waals surface area contributed by atoms with E-state index in [1.165, 1.54) is 31.2 Å². The van der Waals surface area contributed by atoms with Crippen molar-refractivity contribution in [2.45, 2.75) is 46.0 Å². The fraction of sp³-hybridized carbons (Fsp3) is 0.600.